The van der Waals surface area contributed by atoms with Crippen molar-refractivity contribution >= 4 is 0 Å². The Bertz CT molecular complexity index is 359. The van der Waals surface area contributed by atoms with Gasteiger partial charge in [0.2, 0.25) is 0 Å². The van der Waals surface area contributed by atoms with Gasteiger partial charge in [0.25, 0.3) is 0 Å². The maximum absolute atomic E-state index is 5.45. The van der Waals surface area contributed by atoms with E-state index >= 15 is 0 Å². The quantitative estimate of drug-likeness (QED) is 0.865. The van der Waals surface area contributed by atoms with Crippen molar-refractivity contribution in [2.75, 3.05) is 26.9 Å². The predicted molar refractivity (Wildman–Crippen MR) is 68.7 cm³/mol. The zero-order chi connectivity index (χ0) is 12.1. The van der Waals surface area contributed by atoms with E-state index in [2.05, 4.69) is 30.4 Å². The molecule has 1 aliphatic rings. The van der Waals surface area contributed by atoms with Crippen LogP contribution in [0.1, 0.15) is 17.5 Å². The van der Waals surface area contributed by atoms with Crippen LogP contribution >= 0.6 is 0 Å². The van der Waals surface area contributed by atoms with Crippen LogP contribution in [0.5, 0.6) is 5.75 Å². The Morgan fingerprint density at radius 3 is 3.00 bits per heavy atom. The lowest BCUT2D eigenvalue weighted by atomic mass is 10.0. The van der Waals surface area contributed by atoms with Crippen LogP contribution in [0, 0.1) is 6.92 Å². The molecular formula is C14H21NO2. The van der Waals surface area contributed by atoms with Gasteiger partial charge >= 0.3 is 0 Å². The number of methoxy groups -OCH3 is 1. The summed E-state index contributed by atoms with van der Waals surface area (Å²) in [6.07, 6.45) is 2.22. The monoisotopic (exact) mass is 235 g/mol. The van der Waals surface area contributed by atoms with Gasteiger partial charge in [-0.15, -0.1) is 0 Å². The van der Waals surface area contributed by atoms with E-state index in [0.29, 0.717) is 6.04 Å². The first kappa shape index (κ1) is 12.4. The number of rotatable bonds is 4. The van der Waals surface area contributed by atoms with Gasteiger partial charge in [-0.3, -0.25) is 0 Å². The van der Waals surface area contributed by atoms with Crippen molar-refractivity contribution in [3.05, 3.63) is 29.3 Å². The molecule has 1 aromatic rings. The zero-order valence-corrected chi connectivity index (χ0v) is 10.7. The van der Waals surface area contributed by atoms with E-state index in [0.717, 1.165) is 38.3 Å². The van der Waals surface area contributed by atoms with E-state index in [1.807, 2.05) is 0 Å². The summed E-state index contributed by atoms with van der Waals surface area (Å²) in [4.78, 5) is 0. The average molecular weight is 235 g/mol. The molecule has 1 atom stereocenters. The van der Waals surface area contributed by atoms with Crippen molar-refractivity contribution in [3.8, 4) is 5.75 Å². The minimum atomic E-state index is 0.506. The predicted octanol–water partition coefficient (Wildman–Crippen LogP) is 1.92. The van der Waals surface area contributed by atoms with Crippen molar-refractivity contribution in [1.82, 2.24) is 5.32 Å². The highest BCUT2D eigenvalue weighted by atomic mass is 16.5. The molecule has 0 amide bonds. The van der Waals surface area contributed by atoms with Crippen LogP contribution in [-0.2, 0) is 11.2 Å². The van der Waals surface area contributed by atoms with Crippen molar-refractivity contribution in [2.24, 2.45) is 0 Å². The van der Waals surface area contributed by atoms with E-state index in [1.54, 1.807) is 7.11 Å². The molecule has 17 heavy (non-hydrogen) atoms. The Labute approximate surface area is 103 Å². The second kappa shape index (κ2) is 6.03. The summed E-state index contributed by atoms with van der Waals surface area (Å²) in [5, 5.41) is 3.48. The number of benzene rings is 1. The highest BCUT2D eigenvalue weighted by Gasteiger charge is 2.12. The van der Waals surface area contributed by atoms with Crippen molar-refractivity contribution in [3.63, 3.8) is 0 Å². The topological polar surface area (TPSA) is 30.5 Å². The molecule has 94 valence electrons. The molecule has 0 bridgehead atoms. The summed E-state index contributed by atoms with van der Waals surface area (Å²) in [5.41, 5.74) is 2.58. The Hall–Kier alpha value is -1.06. The summed E-state index contributed by atoms with van der Waals surface area (Å²) >= 11 is 0. The Kier molecular flexibility index (Phi) is 4.40. The van der Waals surface area contributed by atoms with Crippen LogP contribution in [0.3, 0.4) is 0 Å². The second-order valence-corrected chi connectivity index (χ2v) is 4.57. The van der Waals surface area contributed by atoms with Gasteiger partial charge in [0.05, 0.1) is 20.3 Å². The fourth-order valence-electron chi connectivity index (χ4n) is 2.24. The molecular weight excluding hydrogens is 214 g/mol. The van der Waals surface area contributed by atoms with Gasteiger partial charge in [0.1, 0.15) is 5.75 Å². The first-order valence-electron chi connectivity index (χ1n) is 6.24. The molecule has 1 N–H and O–H groups in total. The molecule has 1 fully saturated rings. The van der Waals surface area contributed by atoms with Crippen LogP contribution < -0.4 is 10.1 Å². The summed E-state index contributed by atoms with van der Waals surface area (Å²) in [6.45, 7) is 4.75. The summed E-state index contributed by atoms with van der Waals surface area (Å²) in [6, 6.07) is 6.92. The van der Waals surface area contributed by atoms with Gasteiger partial charge in [-0.1, -0.05) is 12.1 Å². The Balaban J connectivity index is 1.87. The largest absolute Gasteiger partial charge is 0.496 e. The van der Waals surface area contributed by atoms with Crippen LogP contribution in [0.25, 0.3) is 0 Å². The van der Waals surface area contributed by atoms with Gasteiger partial charge in [-0.05, 0) is 37.0 Å². The molecule has 1 aromatic carbocycles. The lowest BCUT2D eigenvalue weighted by Crippen LogP contribution is -2.41. The van der Waals surface area contributed by atoms with Crippen LogP contribution in [0.15, 0.2) is 18.2 Å². The molecule has 0 radical (unpaired) electrons. The maximum Gasteiger partial charge on any atom is 0.121 e. The molecule has 0 spiro atoms. The van der Waals surface area contributed by atoms with Crippen molar-refractivity contribution in [1.29, 1.82) is 0 Å². The SMILES string of the molecule is COc1ccc(CCC2COCCN2)cc1C. The van der Waals surface area contributed by atoms with Crippen LogP contribution in [0.2, 0.25) is 0 Å². The fraction of sp³-hybridized carbons (Fsp3) is 0.571. The van der Waals surface area contributed by atoms with E-state index in [1.165, 1.54) is 11.1 Å². The van der Waals surface area contributed by atoms with E-state index in [9.17, 15) is 0 Å². The molecule has 0 saturated carbocycles. The molecule has 2 rings (SSSR count). The lowest BCUT2D eigenvalue weighted by Gasteiger charge is -2.23. The third-order valence-electron chi connectivity index (χ3n) is 3.24. The van der Waals surface area contributed by atoms with Gasteiger partial charge in [0.15, 0.2) is 0 Å². The average Bonchev–Trinajstić information content (AvgIpc) is 2.38. The van der Waals surface area contributed by atoms with Crippen LogP contribution in [0.4, 0.5) is 0 Å². The molecule has 1 unspecified atom stereocenters. The third kappa shape index (κ3) is 3.45. The molecule has 1 aliphatic heterocycles. The third-order valence-corrected chi connectivity index (χ3v) is 3.24. The molecule has 1 heterocycles. The Morgan fingerprint density at radius 2 is 2.35 bits per heavy atom. The number of nitrogens with one attached hydrogen (secondary N) is 1. The van der Waals surface area contributed by atoms with E-state index < -0.39 is 0 Å². The first-order chi connectivity index (χ1) is 8.29. The highest BCUT2D eigenvalue weighted by molar-refractivity contribution is 5.36. The fourth-order valence-corrected chi connectivity index (χ4v) is 2.24. The normalized spacial score (nSPS) is 20.2. The lowest BCUT2D eigenvalue weighted by molar-refractivity contribution is 0.0743. The molecule has 0 aliphatic carbocycles. The number of ether oxygens (including phenoxy) is 2. The van der Waals surface area contributed by atoms with E-state index in [4.69, 9.17) is 9.47 Å². The highest BCUT2D eigenvalue weighted by Crippen LogP contribution is 2.19. The van der Waals surface area contributed by atoms with E-state index in [-0.39, 0.29) is 0 Å². The second-order valence-electron chi connectivity index (χ2n) is 4.57. The summed E-state index contributed by atoms with van der Waals surface area (Å²) in [7, 11) is 1.71. The standard InChI is InChI=1S/C14H21NO2/c1-11-9-12(4-6-14(11)16-2)3-5-13-10-17-8-7-15-13/h4,6,9,13,15H,3,5,7-8,10H2,1-2H3. The summed E-state index contributed by atoms with van der Waals surface area (Å²) < 4.78 is 10.7. The molecule has 3 heteroatoms. The smallest absolute Gasteiger partial charge is 0.121 e. The number of hydrogen-bond donors (Lipinski definition) is 1. The maximum atomic E-state index is 5.45. The van der Waals surface area contributed by atoms with Gasteiger partial charge in [-0.25, -0.2) is 0 Å². The Morgan fingerprint density at radius 1 is 1.47 bits per heavy atom. The number of hydrogen-bond acceptors (Lipinski definition) is 3. The van der Waals surface area contributed by atoms with Gasteiger partial charge < -0.3 is 14.8 Å². The molecule has 3 nitrogen and oxygen atoms in total. The van der Waals surface area contributed by atoms with Crippen molar-refractivity contribution < 1.29 is 9.47 Å². The molecule has 0 aromatic heterocycles. The minimum absolute atomic E-state index is 0.506. The minimum Gasteiger partial charge on any atom is -0.496 e. The number of aryl methyl sites for hydroxylation is 2. The number of morpholine rings is 1. The van der Waals surface area contributed by atoms with Crippen molar-refractivity contribution in [2.45, 2.75) is 25.8 Å². The van der Waals surface area contributed by atoms with Gasteiger partial charge in [0, 0.05) is 12.6 Å². The zero-order valence-electron chi connectivity index (χ0n) is 10.7. The molecule has 1 saturated heterocycles. The first-order valence-corrected chi connectivity index (χ1v) is 6.24. The van der Waals surface area contributed by atoms with Gasteiger partial charge in [-0.2, -0.15) is 0 Å². The van der Waals surface area contributed by atoms with Crippen LogP contribution in [-0.4, -0.2) is 32.9 Å². The summed E-state index contributed by atoms with van der Waals surface area (Å²) in [5.74, 6) is 0.966.